The minimum atomic E-state index is -0.455. The van der Waals surface area contributed by atoms with Crippen LogP contribution in [0.2, 0.25) is 5.02 Å². The number of halogens is 2. The predicted molar refractivity (Wildman–Crippen MR) is 103 cm³/mol. The molecule has 0 saturated heterocycles. The van der Waals surface area contributed by atoms with Crippen molar-refractivity contribution in [2.45, 2.75) is 12.1 Å². The van der Waals surface area contributed by atoms with Crippen molar-refractivity contribution >= 4 is 35.0 Å². The van der Waals surface area contributed by atoms with Crippen molar-refractivity contribution in [2.24, 2.45) is 0 Å². The first kappa shape index (κ1) is 18.4. The van der Waals surface area contributed by atoms with E-state index in [2.05, 4.69) is 15.3 Å². The summed E-state index contributed by atoms with van der Waals surface area (Å²) < 4.78 is 13.1. The Labute approximate surface area is 159 Å². The number of hydrogen-bond acceptors (Lipinski definition) is 4. The molecule has 0 spiro atoms. The number of rotatable bonds is 5. The van der Waals surface area contributed by atoms with Crippen LogP contribution in [0.3, 0.4) is 0 Å². The molecular formula is C19H15ClFN3OS. The Hall–Kier alpha value is -2.44. The lowest BCUT2D eigenvalue weighted by molar-refractivity contribution is -0.113. The average molecular weight is 388 g/mol. The van der Waals surface area contributed by atoms with Gasteiger partial charge in [-0.2, -0.15) is 0 Å². The number of carbonyl (C=O) groups is 1. The predicted octanol–water partition coefficient (Wildman–Crippen LogP) is 4.98. The molecule has 2 aromatic carbocycles. The van der Waals surface area contributed by atoms with Crippen LogP contribution in [0.4, 0.5) is 10.1 Å². The Morgan fingerprint density at radius 2 is 1.92 bits per heavy atom. The molecule has 0 bridgehead atoms. The van der Waals surface area contributed by atoms with Crippen LogP contribution in [0.1, 0.15) is 5.69 Å². The third-order valence-corrected chi connectivity index (χ3v) is 4.60. The van der Waals surface area contributed by atoms with Gasteiger partial charge in [-0.1, -0.05) is 53.7 Å². The Bertz CT molecular complexity index is 937. The normalized spacial score (nSPS) is 10.6. The lowest BCUT2D eigenvalue weighted by atomic mass is 10.1. The van der Waals surface area contributed by atoms with Gasteiger partial charge in [0, 0.05) is 11.3 Å². The molecule has 1 amide bonds. The van der Waals surface area contributed by atoms with Gasteiger partial charge in [-0.15, -0.1) is 0 Å². The fraction of sp³-hybridized carbons (Fsp3) is 0.105. The van der Waals surface area contributed by atoms with Gasteiger partial charge in [0.15, 0.2) is 5.16 Å². The quantitative estimate of drug-likeness (QED) is 0.495. The number of aromatic nitrogens is 2. The standard InChI is InChI=1S/C19H15ClFN3OS/c1-12-9-17(13-5-3-2-4-6-13)24-19(22-12)26-11-18(25)23-16-8-7-14(21)10-15(16)20/h2-10H,11H2,1H3,(H,23,25). The first-order valence-corrected chi connectivity index (χ1v) is 9.16. The maximum Gasteiger partial charge on any atom is 0.234 e. The molecule has 0 saturated carbocycles. The van der Waals surface area contributed by atoms with Crippen LogP contribution < -0.4 is 5.32 Å². The third-order valence-electron chi connectivity index (χ3n) is 3.44. The van der Waals surface area contributed by atoms with Gasteiger partial charge >= 0.3 is 0 Å². The summed E-state index contributed by atoms with van der Waals surface area (Å²) in [6.45, 7) is 1.89. The Kier molecular flexibility index (Phi) is 5.85. The molecule has 3 aromatic rings. The maximum atomic E-state index is 13.1. The van der Waals surface area contributed by atoms with E-state index in [1.807, 2.05) is 43.3 Å². The fourth-order valence-corrected chi connectivity index (χ4v) is 3.19. The largest absolute Gasteiger partial charge is 0.324 e. The van der Waals surface area contributed by atoms with Crippen LogP contribution in [-0.2, 0) is 4.79 Å². The van der Waals surface area contributed by atoms with Crippen molar-refractivity contribution in [3.63, 3.8) is 0 Å². The van der Waals surface area contributed by atoms with E-state index >= 15 is 0 Å². The number of carbonyl (C=O) groups excluding carboxylic acids is 1. The van der Waals surface area contributed by atoms with E-state index in [-0.39, 0.29) is 16.7 Å². The van der Waals surface area contributed by atoms with E-state index in [0.29, 0.717) is 10.8 Å². The highest BCUT2D eigenvalue weighted by Crippen LogP contribution is 2.24. The molecule has 1 N–H and O–H groups in total. The highest BCUT2D eigenvalue weighted by molar-refractivity contribution is 7.99. The van der Waals surface area contributed by atoms with Crippen molar-refractivity contribution < 1.29 is 9.18 Å². The molecule has 0 atom stereocenters. The molecule has 0 aliphatic rings. The van der Waals surface area contributed by atoms with Crippen molar-refractivity contribution in [3.8, 4) is 11.3 Å². The summed E-state index contributed by atoms with van der Waals surface area (Å²) in [5.41, 5.74) is 2.99. The maximum absolute atomic E-state index is 13.1. The minimum Gasteiger partial charge on any atom is -0.324 e. The van der Waals surface area contributed by atoms with Crippen molar-refractivity contribution in [2.75, 3.05) is 11.1 Å². The zero-order chi connectivity index (χ0) is 18.5. The number of thioether (sulfide) groups is 1. The van der Waals surface area contributed by atoms with Crippen molar-refractivity contribution in [1.82, 2.24) is 9.97 Å². The number of anilines is 1. The molecule has 0 fully saturated rings. The molecule has 132 valence electrons. The van der Waals surface area contributed by atoms with Crippen LogP contribution in [0.15, 0.2) is 59.8 Å². The van der Waals surface area contributed by atoms with E-state index in [0.717, 1.165) is 23.0 Å². The van der Waals surface area contributed by atoms with Crippen molar-refractivity contribution in [1.29, 1.82) is 0 Å². The zero-order valence-electron chi connectivity index (χ0n) is 13.9. The van der Waals surface area contributed by atoms with E-state index < -0.39 is 5.82 Å². The van der Waals surface area contributed by atoms with E-state index in [4.69, 9.17) is 11.6 Å². The topological polar surface area (TPSA) is 54.9 Å². The molecule has 26 heavy (non-hydrogen) atoms. The van der Waals surface area contributed by atoms with Gasteiger partial charge in [0.25, 0.3) is 0 Å². The molecule has 1 heterocycles. The van der Waals surface area contributed by atoms with Gasteiger partial charge in [-0.05, 0) is 31.2 Å². The summed E-state index contributed by atoms with van der Waals surface area (Å²) in [4.78, 5) is 21.0. The third kappa shape index (κ3) is 4.80. The fourth-order valence-electron chi connectivity index (χ4n) is 2.27. The molecule has 0 aliphatic carbocycles. The van der Waals surface area contributed by atoms with Gasteiger partial charge in [-0.25, -0.2) is 14.4 Å². The molecule has 0 aliphatic heterocycles. The SMILES string of the molecule is Cc1cc(-c2ccccc2)nc(SCC(=O)Nc2ccc(F)cc2Cl)n1. The van der Waals surface area contributed by atoms with Gasteiger partial charge in [0.05, 0.1) is 22.2 Å². The molecular weight excluding hydrogens is 373 g/mol. The summed E-state index contributed by atoms with van der Waals surface area (Å²) in [6, 6.07) is 15.5. The second kappa shape index (κ2) is 8.29. The smallest absolute Gasteiger partial charge is 0.234 e. The number of benzene rings is 2. The van der Waals surface area contributed by atoms with Crippen LogP contribution in [0, 0.1) is 12.7 Å². The van der Waals surface area contributed by atoms with Crippen LogP contribution >= 0.6 is 23.4 Å². The molecule has 3 rings (SSSR count). The summed E-state index contributed by atoms with van der Waals surface area (Å²) in [5.74, 6) is -0.607. The Morgan fingerprint density at radius 3 is 2.65 bits per heavy atom. The number of amides is 1. The molecule has 1 aromatic heterocycles. The second-order valence-electron chi connectivity index (χ2n) is 5.50. The molecule has 0 radical (unpaired) electrons. The highest BCUT2D eigenvalue weighted by atomic mass is 35.5. The van der Waals surface area contributed by atoms with Gasteiger partial charge in [0.2, 0.25) is 5.91 Å². The number of hydrogen-bond donors (Lipinski definition) is 1. The molecule has 4 nitrogen and oxygen atoms in total. The van der Waals surface area contributed by atoms with Crippen LogP contribution in [-0.4, -0.2) is 21.6 Å². The monoisotopic (exact) mass is 387 g/mol. The zero-order valence-corrected chi connectivity index (χ0v) is 15.4. The average Bonchev–Trinajstić information content (AvgIpc) is 2.63. The number of nitrogens with one attached hydrogen (secondary N) is 1. The van der Waals surface area contributed by atoms with E-state index in [1.165, 1.54) is 23.9 Å². The summed E-state index contributed by atoms with van der Waals surface area (Å²) in [7, 11) is 0. The number of aryl methyl sites for hydroxylation is 1. The lowest BCUT2D eigenvalue weighted by Crippen LogP contribution is -2.14. The van der Waals surface area contributed by atoms with Crippen molar-refractivity contribution in [3.05, 3.63) is 71.1 Å². The summed E-state index contributed by atoms with van der Waals surface area (Å²) >= 11 is 7.14. The van der Waals surface area contributed by atoms with Crippen LogP contribution in [0.25, 0.3) is 11.3 Å². The summed E-state index contributed by atoms with van der Waals surface area (Å²) in [5, 5.41) is 3.33. The first-order chi connectivity index (χ1) is 12.5. The lowest BCUT2D eigenvalue weighted by Gasteiger charge is -2.08. The number of nitrogens with zero attached hydrogens (tertiary/aromatic N) is 2. The van der Waals surface area contributed by atoms with E-state index in [9.17, 15) is 9.18 Å². The van der Waals surface area contributed by atoms with Gasteiger partial charge in [-0.3, -0.25) is 4.79 Å². The van der Waals surface area contributed by atoms with Crippen LogP contribution in [0.5, 0.6) is 0 Å². The van der Waals surface area contributed by atoms with Gasteiger partial charge < -0.3 is 5.32 Å². The molecule has 7 heteroatoms. The Morgan fingerprint density at radius 1 is 1.15 bits per heavy atom. The first-order valence-electron chi connectivity index (χ1n) is 7.80. The summed E-state index contributed by atoms with van der Waals surface area (Å²) in [6.07, 6.45) is 0. The van der Waals surface area contributed by atoms with Gasteiger partial charge in [0.1, 0.15) is 5.82 Å². The Balaban J connectivity index is 1.67. The van der Waals surface area contributed by atoms with E-state index in [1.54, 1.807) is 0 Å². The second-order valence-corrected chi connectivity index (χ2v) is 6.85. The molecule has 0 unspecified atom stereocenters. The highest BCUT2D eigenvalue weighted by Gasteiger charge is 2.10. The minimum absolute atomic E-state index is 0.116.